The second kappa shape index (κ2) is 8.20. The molecule has 1 fully saturated rings. The fraction of sp³-hybridized carbons (Fsp3) is 0.562. The maximum atomic E-state index is 12.1. The third kappa shape index (κ3) is 5.18. The Hall–Kier alpha value is -1.33. The number of hydrogen-bond acceptors (Lipinski definition) is 3. The minimum absolute atomic E-state index is 0.0767. The fourth-order valence-electron chi connectivity index (χ4n) is 2.86. The van der Waals surface area contributed by atoms with Gasteiger partial charge in [0, 0.05) is 19.5 Å². The number of carbonyl (C=O) groups is 1. The molecule has 0 unspecified atom stereocenters. The van der Waals surface area contributed by atoms with Gasteiger partial charge < -0.3 is 14.9 Å². The third-order valence-electron chi connectivity index (χ3n) is 4.26. The summed E-state index contributed by atoms with van der Waals surface area (Å²) in [5, 5.41) is 18.3. The molecule has 2 N–H and O–H groups in total. The van der Waals surface area contributed by atoms with Crippen LogP contribution in [0.5, 0.6) is 0 Å². The highest BCUT2D eigenvalue weighted by Crippen LogP contribution is 2.24. The largest absolute Gasteiger partial charge is 0.454 e. The number of aryl methyl sites for hydroxylation is 1. The van der Waals surface area contributed by atoms with Gasteiger partial charge in [0.15, 0.2) is 0 Å². The van der Waals surface area contributed by atoms with Crippen LogP contribution in [0.1, 0.15) is 37.7 Å². The van der Waals surface area contributed by atoms with Crippen LogP contribution >= 0.6 is 0 Å². The Labute approximate surface area is 126 Å². The molecular weight excluding hydrogens is 265 g/mol. The fourth-order valence-corrected chi connectivity index (χ4v) is 2.86. The molecule has 0 radical (unpaired) electrons. The Balaban J connectivity index is 1.62. The van der Waals surface area contributed by atoms with E-state index < -0.39 is 7.12 Å². The lowest BCUT2D eigenvalue weighted by atomic mass is 9.67. The van der Waals surface area contributed by atoms with Crippen LogP contribution in [-0.4, -0.2) is 41.1 Å². The summed E-state index contributed by atoms with van der Waals surface area (Å²) in [7, 11) is -1.24. The van der Waals surface area contributed by atoms with Crippen LogP contribution < -0.4 is 0 Å². The molecule has 1 aromatic carbocycles. The Kier molecular flexibility index (Phi) is 6.27. The molecule has 1 heterocycles. The summed E-state index contributed by atoms with van der Waals surface area (Å²) in [5.41, 5.74) is 1.32. The number of nitrogens with zero attached hydrogens (tertiary/aromatic N) is 1. The van der Waals surface area contributed by atoms with Crippen LogP contribution in [0, 0.1) is 0 Å². The van der Waals surface area contributed by atoms with E-state index in [1.54, 1.807) is 0 Å². The molecular formula is C16H24BNO3. The van der Waals surface area contributed by atoms with Gasteiger partial charge in [0.1, 0.15) is 0 Å². The molecule has 1 saturated heterocycles. The van der Waals surface area contributed by atoms with Crippen LogP contribution in [0.3, 0.4) is 0 Å². The normalized spacial score (nSPS) is 16.0. The molecule has 2 rings (SSSR count). The summed E-state index contributed by atoms with van der Waals surface area (Å²) in [5.74, 6) is 0.126. The van der Waals surface area contributed by atoms with E-state index in [1.165, 1.54) is 5.56 Å². The number of likely N-dealkylation sites (tertiary alicyclic amines) is 1. The average Bonchev–Trinajstić information content (AvgIpc) is 2.52. The second-order valence-corrected chi connectivity index (χ2v) is 5.82. The Bertz CT molecular complexity index is 430. The van der Waals surface area contributed by atoms with Crippen molar-refractivity contribution in [2.24, 2.45) is 0 Å². The molecule has 1 aliphatic heterocycles. The van der Waals surface area contributed by atoms with Gasteiger partial charge in [-0.2, -0.15) is 0 Å². The highest BCUT2D eigenvalue weighted by atomic mass is 16.4. The smallest absolute Gasteiger partial charge is 0.427 e. The molecule has 0 atom stereocenters. The van der Waals surface area contributed by atoms with E-state index in [0.717, 1.165) is 19.3 Å². The topological polar surface area (TPSA) is 60.8 Å². The van der Waals surface area contributed by atoms with Gasteiger partial charge in [0.05, 0.1) is 0 Å². The van der Waals surface area contributed by atoms with E-state index in [-0.39, 0.29) is 11.7 Å². The van der Waals surface area contributed by atoms with Crippen molar-refractivity contribution in [1.82, 2.24) is 4.90 Å². The first kappa shape index (κ1) is 16.1. The summed E-state index contributed by atoms with van der Waals surface area (Å²) in [6.45, 7) is 1.31. The zero-order valence-electron chi connectivity index (χ0n) is 12.4. The van der Waals surface area contributed by atoms with Crippen LogP contribution in [0.2, 0.25) is 5.82 Å². The number of benzene rings is 1. The first-order valence-corrected chi connectivity index (χ1v) is 7.84. The molecule has 0 aromatic heterocycles. The van der Waals surface area contributed by atoms with Gasteiger partial charge in [-0.05, 0) is 43.5 Å². The number of carbonyl (C=O) groups excluding carboxylic acids is 1. The molecule has 0 bridgehead atoms. The van der Waals surface area contributed by atoms with Crippen LogP contribution in [0.4, 0.5) is 0 Å². The first-order chi connectivity index (χ1) is 10.2. The Morgan fingerprint density at radius 3 is 2.43 bits per heavy atom. The third-order valence-corrected chi connectivity index (χ3v) is 4.26. The summed E-state index contributed by atoms with van der Waals surface area (Å²) in [4.78, 5) is 13.9. The number of rotatable bonds is 6. The minimum Gasteiger partial charge on any atom is -0.427 e. The number of piperidine rings is 1. The van der Waals surface area contributed by atoms with Crippen molar-refractivity contribution >= 4 is 13.0 Å². The quantitative estimate of drug-likeness (QED) is 0.621. The van der Waals surface area contributed by atoms with Gasteiger partial charge in [-0.15, -0.1) is 0 Å². The molecule has 0 saturated carbocycles. The summed E-state index contributed by atoms with van der Waals surface area (Å²) >= 11 is 0. The maximum Gasteiger partial charge on any atom is 0.454 e. The van der Waals surface area contributed by atoms with Crippen molar-refractivity contribution < 1.29 is 14.8 Å². The van der Waals surface area contributed by atoms with E-state index in [4.69, 9.17) is 10.0 Å². The van der Waals surface area contributed by atoms with Gasteiger partial charge in [-0.1, -0.05) is 30.3 Å². The SMILES string of the molecule is O=C(CCCCc1ccccc1)N1CCC(B(O)O)CC1. The van der Waals surface area contributed by atoms with E-state index in [0.29, 0.717) is 32.4 Å². The highest BCUT2D eigenvalue weighted by molar-refractivity contribution is 6.43. The lowest BCUT2D eigenvalue weighted by Gasteiger charge is -2.31. The number of amides is 1. The maximum absolute atomic E-state index is 12.1. The second-order valence-electron chi connectivity index (χ2n) is 5.82. The predicted molar refractivity (Wildman–Crippen MR) is 83.8 cm³/mol. The predicted octanol–water partition coefficient (Wildman–Crippen LogP) is 1.86. The summed E-state index contributed by atoms with van der Waals surface area (Å²) in [6, 6.07) is 10.3. The van der Waals surface area contributed by atoms with Gasteiger partial charge in [0.25, 0.3) is 0 Å². The van der Waals surface area contributed by atoms with Gasteiger partial charge in [-0.3, -0.25) is 4.79 Å². The molecule has 0 aliphatic carbocycles. The van der Waals surface area contributed by atoms with Gasteiger partial charge >= 0.3 is 7.12 Å². The van der Waals surface area contributed by atoms with Crippen LogP contribution in [0.15, 0.2) is 30.3 Å². The zero-order chi connectivity index (χ0) is 15.1. The van der Waals surface area contributed by atoms with Crippen LogP contribution in [-0.2, 0) is 11.2 Å². The van der Waals surface area contributed by atoms with Crippen molar-refractivity contribution in [1.29, 1.82) is 0 Å². The lowest BCUT2D eigenvalue weighted by Crippen LogP contribution is -2.40. The molecule has 5 heteroatoms. The molecule has 21 heavy (non-hydrogen) atoms. The zero-order valence-corrected chi connectivity index (χ0v) is 12.4. The van der Waals surface area contributed by atoms with Crippen LogP contribution in [0.25, 0.3) is 0 Å². The standard InChI is InChI=1S/C16H24BNO3/c19-16(18-12-10-15(11-13-18)17(20)21)9-5-4-8-14-6-2-1-3-7-14/h1-3,6-7,15,20-21H,4-5,8-13H2. The minimum atomic E-state index is -1.24. The molecule has 4 nitrogen and oxygen atoms in total. The summed E-state index contributed by atoms with van der Waals surface area (Å²) in [6.07, 6.45) is 4.94. The molecule has 1 aromatic rings. The molecule has 1 amide bonds. The monoisotopic (exact) mass is 289 g/mol. The van der Waals surface area contributed by atoms with E-state index in [9.17, 15) is 4.79 Å². The number of hydrogen-bond donors (Lipinski definition) is 2. The van der Waals surface area contributed by atoms with Crippen molar-refractivity contribution in [2.45, 2.75) is 44.3 Å². The van der Waals surface area contributed by atoms with Crippen molar-refractivity contribution in [3.63, 3.8) is 0 Å². The van der Waals surface area contributed by atoms with E-state index in [2.05, 4.69) is 12.1 Å². The average molecular weight is 289 g/mol. The first-order valence-electron chi connectivity index (χ1n) is 7.84. The lowest BCUT2D eigenvalue weighted by molar-refractivity contribution is -0.132. The number of unbranched alkanes of at least 4 members (excludes halogenated alkanes) is 1. The van der Waals surface area contributed by atoms with E-state index in [1.807, 2.05) is 23.1 Å². The van der Waals surface area contributed by atoms with Crippen molar-refractivity contribution in [3.05, 3.63) is 35.9 Å². The summed E-state index contributed by atoms with van der Waals surface area (Å²) < 4.78 is 0. The Morgan fingerprint density at radius 1 is 1.14 bits per heavy atom. The van der Waals surface area contributed by atoms with E-state index >= 15 is 0 Å². The molecule has 114 valence electrons. The van der Waals surface area contributed by atoms with Crippen molar-refractivity contribution in [2.75, 3.05) is 13.1 Å². The van der Waals surface area contributed by atoms with Crippen molar-refractivity contribution in [3.8, 4) is 0 Å². The highest BCUT2D eigenvalue weighted by Gasteiger charge is 2.29. The molecule has 1 aliphatic rings. The van der Waals surface area contributed by atoms with Gasteiger partial charge in [-0.25, -0.2) is 0 Å². The Morgan fingerprint density at radius 2 is 1.81 bits per heavy atom. The molecule has 0 spiro atoms. The van der Waals surface area contributed by atoms with Gasteiger partial charge in [0.2, 0.25) is 5.91 Å².